The Kier molecular flexibility index (Phi) is 3.70. The number of rotatable bonds is 4. The van der Waals surface area contributed by atoms with Crippen molar-refractivity contribution in [3.63, 3.8) is 0 Å². The summed E-state index contributed by atoms with van der Waals surface area (Å²) in [5.74, 6) is 0.447. The molecule has 0 bridgehead atoms. The van der Waals surface area contributed by atoms with Crippen molar-refractivity contribution in [2.75, 3.05) is 0 Å². The second kappa shape index (κ2) is 5.51. The van der Waals surface area contributed by atoms with Crippen LogP contribution >= 0.6 is 0 Å². The Morgan fingerprint density at radius 3 is 2.14 bits per heavy atom. The first-order valence-corrected chi connectivity index (χ1v) is 7.69. The van der Waals surface area contributed by atoms with Crippen LogP contribution in [0.25, 0.3) is 0 Å². The minimum atomic E-state index is -0.621. The van der Waals surface area contributed by atoms with Crippen LogP contribution in [-0.2, 0) is 4.79 Å². The zero-order valence-corrected chi connectivity index (χ0v) is 12.0. The monoisotopic (exact) mass is 287 g/mol. The van der Waals surface area contributed by atoms with Crippen LogP contribution in [0.15, 0.2) is 24.3 Å². The normalized spacial score (nSPS) is 31.6. The second-order valence-corrected chi connectivity index (χ2v) is 6.44. The van der Waals surface area contributed by atoms with Crippen LogP contribution in [0.2, 0.25) is 0 Å². The Balaban J connectivity index is 1.56. The van der Waals surface area contributed by atoms with Gasteiger partial charge in [0.2, 0.25) is 5.91 Å². The van der Waals surface area contributed by atoms with Crippen LogP contribution in [0.1, 0.15) is 53.9 Å². The summed E-state index contributed by atoms with van der Waals surface area (Å²) in [6.45, 7) is 0. The van der Waals surface area contributed by atoms with Gasteiger partial charge in [0.1, 0.15) is 0 Å². The van der Waals surface area contributed by atoms with Crippen molar-refractivity contribution in [1.29, 1.82) is 0 Å². The molecule has 4 nitrogen and oxygen atoms in total. The molecule has 1 amide bonds. The molecule has 0 heterocycles. The van der Waals surface area contributed by atoms with Crippen LogP contribution in [0.5, 0.6) is 0 Å². The number of nitrogens with two attached hydrogens (primary N) is 1. The molecular formula is C17H21NO3. The highest BCUT2D eigenvalue weighted by Crippen LogP contribution is 2.51. The van der Waals surface area contributed by atoms with Gasteiger partial charge in [-0.1, -0.05) is 12.1 Å². The number of carboxylic acid groups (broad SMARTS) is 1. The van der Waals surface area contributed by atoms with E-state index in [1.54, 1.807) is 12.1 Å². The standard InChI is InChI=1S/C17H21NO3/c18-16(19)13-7-3-11(4-8-13)10-1-5-12(6-2-10)14-9-15(14)17(20)21/h3-4,7-8,10,12,14-15H,1-2,5-6,9H2,(H2,18,19)(H,20,21). The molecule has 1 aromatic carbocycles. The zero-order chi connectivity index (χ0) is 15.0. The van der Waals surface area contributed by atoms with E-state index in [0.717, 1.165) is 32.1 Å². The molecule has 0 radical (unpaired) electrons. The fourth-order valence-electron chi connectivity index (χ4n) is 3.82. The van der Waals surface area contributed by atoms with E-state index in [-0.39, 0.29) is 5.92 Å². The molecule has 2 unspecified atom stereocenters. The van der Waals surface area contributed by atoms with Gasteiger partial charge in [-0.3, -0.25) is 9.59 Å². The highest BCUT2D eigenvalue weighted by atomic mass is 16.4. The Morgan fingerprint density at radius 1 is 1.05 bits per heavy atom. The first-order chi connectivity index (χ1) is 10.1. The van der Waals surface area contributed by atoms with Gasteiger partial charge in [0.05, 0.1) is 5.92 Å². The van der Waals surface area contributed by atoms with E-state index < -0.39 is 11.9 Å². The molecule has 0 spiro atoms. The first kappa shape index (κ1) is 14.1. The Bertz CT molecular complexity index is 544. The third-order valence-electron chi connectivity index (χ3n) is 5.20. The molecule has 2 aliphatic carbocycles. The highest BCUT2D eigenvalue weighted by molar-refractivity contribution is 5.92. The minimum Gasteiger partial charge on any atom is -0.481 e. The van der Waals surface area contributed by atoms with Crippen LogP contribution < -0.4 is 5.73 Å². The maximum atomic E-state index is 11.1. The molecule has 2 saturated carbocycles. The summed E-state index contributed by atoms with van der Waals surface area (Å²) in [5, 5.41) is 9.02. The van der Waals surface area contributed by atoms with Crippen molar-refractivity contribution < 1.29 is 14.7 Å². The van der Waals surface area contributed by atoms with E-state index in [9.17, 15) is 9.59 Å². The Hall–Kier alpha value is -1.84. The highest BCUT2D eigenvalue weighted by Gasteiger charge is 2.48. The summed E-state index contributed by atoms with van der Waals surface area (Å²) in [6, 6.07) is 7.60. The molecular weight excluding hydrogens is 266 g/mol. The topological polar surface area (TPSA) is 80.4 Å². The Morgan fingerprint density at radius 2 is 1.67 bits per heavy atom. The molecule has 3 rings (SSSR count). The van der Waals surface area contributed by atoms with Gasteiger partial charge in [-0.05, 0) is 67.6 Å². The summed E-state index contributed by atoms with van der Waals surface area (Å²) in [4.78, 5) is 22.0. The number of carboxylic acids is 1. The number of primary amides is 1. The molecule has 3 N–H and O–H groups in total. The molecule has 4 heteroatoms. The van der Waals surface area contributed by atoms with Crippen molar-refractivity contribution in [3.8, 4) is 0 Å². The van der Waals surface area contributed by atoms with E-state index in [1.807, 2.05) is 12.1 Å². The number of benzene rings is 1. The summed E-state index contributed by atoms with van der Waals surface area (Å²) >= 11 is 0. The van der Waals surface area contributed by atoms with Crippen molar-refractivity contribution in [3.05, 3.63) is 35.4 Å². The third-order valence-corrected chi connectivity index (χ3v) is 5.20. The molecule has 2 aliphatic rings. The van der Waals surface area contributed by atoms with Gasteiger partial charge in [-0.15, -0.1) is 0 Å². The van der Waals surface area contributed by atoms with E-state index >= 15 is 0 Å². The van der Waals surface area contributed by atoms with Crippen molar-refractivity contribution in [2.24, 2.45) is 23.5 Å². The summed E-state index contributed by atoms with van der Waals surface area (Å²) < 4.78 is 0. The van der Waals surface area contributed by atoms with Gasteiger partial charge in [0, 0.05) is 5.56 Å². The number of hydrogen-bond acceptors (Lipinski definition) is 2. The molecule has 2 atom stereocenters. The van der Waals surface area contributed by atoms with Gasteiger partial charge in [0.15, 0.2) is 0 Å². The molecule has 0 aliphatic heterocycles. The summed E-state index contributed by atoms with van der Waals surface area (Å²) in [5.41, 5.74) is 7.07. The van der Waals surface area contributed by atoms with E-state index in [0.29, 0.717) is 23.3 Å². The first-order valence-electron chi connectivity index (χ1n) is 7.69. The summed E-state index contributed by atoms with van der Waals surface area (Å²) in [7, 11) is 0. The van der Waals surface area contributed by atoms with Crippen LogP contribution in [0.3, 0.4) is 0 Å². The fourth-order valence-corrected chi connectivity index (χ4v) is 3.82. The molecule has 2 fully saturated rings. The quantitative estimate of drug-likeness (QED) is 0.893. The predicted molar refractivity (Wildman–Crippen MR) is 78.9 cm³/mol. The fraction of sp³-hybridized carbons (Fsp3) is 0.529. The lowest BCUT2D eigenvalue weighted by molar-refractivity contribution is -0.139. The number of carbonyl (C=O) groups excluding carboxylic acids is 1. The molecule has 0 aromatic heterocycles. The van der Waals surface area contributed by atoms with Crippen molar-refractivity contribution >= 4 is 11.9 Å². The van der Waals surface area contributed by atoms with Crippen LogP contribution in [0, 0.1) is 17.8 Å². The van der Waals surface area contributed by atoms with Gasteiger partial charge >= 0.3 is 5.97 Å². The van der Waals surface area contributed by atoms with E-state index in [1.165, 1.54) is 5.56 Å². The van der Waals surface area contributed by atoms with Gasteiger partial charge in [0.25, 0.3) is 0 Å². The lowest BCUT2D eigenvalue weighted by atomic mass is 9.76. The van der Waals surface area contributed by atoms with Gasteiger partial charge in [-0.2, -0.15) is 0 Å². The number of hydrogen-bond donors (Lipinski definition) is 2. The van der Waals surface area contributed by atoms with E-state index in [4.69, 9.17) is 10.8 Å². The van der Waals surface area contributed by atoms with Crippen LogP contribution in [0.4, 0.5) is 0 Å². The maximum absolute atomic E-state index is 11.1. The van der Waals surface area contributed by atoms with Gasteiger partial charge < -0.3 is 10.8 Å². The molecule has 0 saturated heterocycles. The third kappa shape index (κ3) is 2.94. The zero-order valence-electron chi connectivity index (χ0n) is 12.0. The lowest BCUT2D eigenvalue weighted by Gasteiger charge is -2.29. The maximum Gasteiger partial charge on any atom is 0.306 e. The number of carbonyl (C=O) groups is 2. The molecule has 21 heavy (non-hydrogen) atoms. The summed E-state index contributed by atoms with van der Waals surface area (Å²) in [6.07, 6.45) is 5.35. The largest absolute Gasteiger partial charge is 0.481 e. The average Bonchev–Trinajstić information content (AvgIpc) is 3.28. The molecule has 112 valence electrons. The SMILES string of the molecule is NC(=O)c1ccc(C2CCC(C3CC3C(=O)O)CC2)cc1. The van der Waals surface area contributed by atoms with Gasteiger partial charge in [-0.25, -0.2) is 0 Å². The van der Waals surface area contributed by atoms with Crippen molar-refractivity contribution in [2.45, 2.75) is 38.0 Å². The average molecular weight is 287 g/mol. The smallest absolute Gasteiger partial charge is 0.306 e. The Labute approximate surface area is 124 Å². The van der Waals surface area contributed by atoms with E-state index in [2.05, 4.69) is 0 Å². The second-order valence-electron chi connectivity index (χ2n) is 6.44. The number of aliphatic carboxylic acids is 1. The lowest BCUT2D eigenvalue weighted by Crippen LogP contribution is -2.17. The predicted octanol–water partition coefficient (Wildman–Crippen LogP) is 2.78. The molecule has 1 aromatic rings. The van der Waals surface area contributed by atoms with Crippen LogP contribution in [-0.4, -0.2) is 17.0 Å². The number of amides is 1. The minimum absolute atomic E-state index is 0.0820. The van der Waals surface area contributed by atoms with Crippen molar-refractivity contribution in [1.82, 2.24) is 0 Å².